The van der Waals surface area contributed by atoms with Crippen molar-refractivity contribution in [3.05, 3.63) is 102 Å². The smallest absolute Gasteiger partial charge is 0.359 e. The fraction of sp³-hybridized carbons (Fsp3) is 0.233. The number of phenolic OH excluding ortho intramolecular Hbond substituents is 1. The molecule has 2 N–H and O–H groups in total. The molecule has 3 aromatic carbocycles. The molecule has 0 spiro atoms. The van der Waals surface area contributed by atoms with Crippen LogP contribution in [-0.2, 0) is 12.8 Å². The van der Waals surface area contributed by atoms with Crippen LogP contribution >= 0.6 is 0 Å². The summed E-state index contributed by atoms with van der Waals surface area (Å²) in [7, 11) is 0. The number of nitrogens with one attached hydrogen (secondary N) is 1. The van der Waals surface area contributed by atoms with E-state index < -0.39 is 0 Å². The maximum absolute atomic E-state index is 13.5. The predicted octanol–water partition coefficient (Wildman–Crippen LogP) is 5.04. The van der Waals surface area contributed by atoms with Gasteiger partial charge in [0.05, 0.1) is 6.61 Å². The van der Waals surface area contributed by atoms with Gasteiger partial charge in [-0.05, 0) is 53.4 Å². The van der Waals surface area contributed by atoms with E-state index in [0.29, 0.717) is 31.1 Å². The zero-order valence-electron chi connectivity index (χ0n) is 20.5. The molecule has 0 bridgehead atoms. The van der Waals surface area contributed by atoms with Crippen molar-refractivity contribution in [1.29, 1.82) is 0 Å². The Hall–Kier alpha value is -4.19. The topological polar surface area (TPSA) is 75.3 Å². The van der Waals surface area contributed by atoms with Crippen molar-refractivity contribution in [1.82, 2.24) is 4.98 Å². The molecule has 1 aliphatic rings. The number of hydrogen-bond acceptors (Lipinski definition) is 5. The van der Waals surface area contributed by atoms with Crippen LogP contribution in [0.2, 0.25) is 0 Å². The summed E-state index contributed by atoms with van der Waals surface area (Å²) in [5, 5.41) is 13.1. The van der Waals surface area contributed by atoms with Crippen LogP contribution in [0.15, 0.2) is 85.1 Å². The van der Waals surface area contributed by atoms with E-state index in [9.17, 15) is 9.90 Å². The molecular weight excluding hydrogens is 450 g/mol. The maximum Gasteiger partial charge on any atom is 0.359 e. The van der Waals surface area contributed by atoms with Crippen molar-refractivity contribution in [3.8, 4) is 22.8 Å². The van der Waals surface area contributed by atoms with Gasteiger partial charge in [-0.3, -0.25) is 5.32 Å². The first-order chi connectivity index (χ1) is 17.5. The van der Waals surface area contributed by atoms with Crippen molar-refractivity contribution in [2.45, 2.75) is 32.7 Å². The molecule has 6 heteroatoms. The number of ether oxygens (including phenoxy) is 1. The average molecular weight is 481 g/mol. The molecule has 1 aromatic heterocycles. The minimum Gasteiger partial charge on any atom is -0.508 e. The number of fused-ring (bicyclic) bond motifs is 1. The van der Waals surface area contributed by atoms with Gasteiger partial charge in [0.25, 0.3) is 0 Å². The quantitative estimate of drug-likeness (QED) is 0.346. The average Bonchev–Trinajstić information content (AvgIpc) is 3.20. The number of rotatable bonds is 8. The van der Waals surface area contributed by atoms with E-state index in [4.69, 9.17) is 9.72 Å². The number of nitrogens with zero attached hydrogens (tertiary/aromatic N) is 2. The molecule has 1 unspecified atom stereocenters. The van der Waals surface area contributed by atoms with Crippen LogP contribution < -0.4 is 14.6 Å². The number of phenols is 1. The molecule has 0 aliphatic carbocycles. The van der Waals surface area contributed by atoms with Gasteiger partial charge in [0.2, 0.25) is 0 Å². The van der Waals surface area contributed by atoms with Gasteiger partial charge in [0.15, 0.2) is 6.04 Å². The third-order valence-corrected chi connectivity index (χ3v) is 6.19. The number of carbonyl (C=O) groups excluding carboxylic acids is 1. The number of benzene rings is 3. The monoisotopic (exact) mass is 480 g/mol. The summed E-state index contributed by atoms with van der Waals surface area (Å²) >= 11 is 0. The van der Waals surface area contributed by atoms with E-state index in [2.05, 4.69) is 31.3 Å². The second-order valence-corrected chi connectivity index (χ2v) is 9.59. The summed E-state index contributed by atoms with van der Waals surface area (Å²) in [6.07, 6.45) is 2.94. The summed E-state index contributed by atoms with van der Waals surface area (Å²) in [4.78, 5) is 18.4. The van der Waals surface area contributed by atoms with Gasteiger partial charge in [-0.1, -0.05) is 56.3 Å². The molecule has 0 amide bonds. The zero-order valence-corrected chi connectivity index (χ0v) is 20.5. The summed E-state index contributed by atoms with van der Waals surface area (Å²) in [5.41, 5.74) is 4.51. The van der Waals surface area contributed by atoms with Crippen LogP contribution in [0.3, 0.4) is 0 Å². The SMILES string of the molecule is CC(C)COc1ccc(CC2Nc3c(Cc4ccccc4)nc(-c4ccc(O)cc4)c[n+]3C2=O)cc1. The van der Waals surface area contributed by atoms with E-state index in [1.54, 1.807) is 22.9 Å². The van der Waals surface area contributed by atoms with Crippen molar-refractivity contribution < 1.29 is 19.2 Å². The lowest BCUT2D eigenvalue weighted by Gasteiger charge is -2.09. The third kappa shape index (κ3) is 5.23. The van der Waals surface area contributed by atoms with Crippen molar-refractivity contribution in [2.24, 2.45) is 5.92 Å². The highest BCUT2D eigenvalue weighted by atomic mass is 16.5. The van der Waals surface area contributed by atoms with Gasteiger partial charge in [-0.15, -0.1) is 0 Å². The molecular formula is C30H30N3O3+. The maximum atomic E-state index is 13.5. The normalized spacial score (nSPS) is 14.5. The van der Waals surface area contributed by atoms with Crippen LogP contribution in [0.5, 0.6) is 11.5 Å². The second-order valence-electron chi connectivity index (χ2n) is 9.59. The number of anilines is 1. The Labute approximate surface area is 211 Å². The second kappa shape index (κ2) is 10.2. The highest BCUT2D eigenvalue weighted by Gasteiger charge is 2.41. The first-order valence-corrected chi connectivity index (χ1v) is 12.3. The Morgan fingerprint density at radius 1 is 0.972 bits per heavy atom. The molecule has 6 nitrogen and oxygen atoms in total. The lowest BCUT2D eigenvalue weighted by Crippen LogP contribution is -2.44. The van der Waals surface area contributed by atoms with Crippen LogP contribution in [0.4, 0.5) is 5.82 Å². The number of hydrogen-bond donors (Lipinski definition) is 2. The van der Waals surface area contributed by atoms with Crippen LogP contribution in [0.25, 0.3) is 11.3 Å². The van der Waals surface area contributed by atoms with Gasteiger partial charge in [-0.25, -0.2) is 9.78 Å². The van der Waals surface area contributed by atoms with E-state index >= 15 is 0 Å². The summed E-state index contributed by atoms with van der Waals surface area (Å²) in [6.45, 7) is 4.92. The molecule has 0 saturated heterocycles. The summed E-state index contributed by atoms with van der Waals surface area (Å²) in [5.74, 6) is 2.21. The number of aromatic hydroxyl groups is 1. The highest BCUT2D eigenvalue weighted by molar-refractivity contribution is 5.82. The van der Waals surface area contributed by atoms with E-state index in [0.717, 1.165) is 34.0 Å². The fourth-order valence-corrected chi connectivity index (χ4v) is 4.32. The number of aromatic nitrogens is 2. The Bertz CT molecular complexity index is 1350. The van der Waals surface area contributed by atoms with E-state index in [1.165, 1.54) is 0 Å². The lowest BCUT2D eigenvalue weighted by molar-refractivity contribution is -0.552. The van der Waals surface area contributed by atoms with Gasteiger partial charge >= 0.3 is 11.7 Å². The van der Waals surface area contributed by atoms with E-state index in [-0.39, 0.29) is 17.7 Å². The molecule has 2 heterocycles. The van der Waals surface area contributed by atoms with Crippen LogP contribution in [0, 0.1) is 5.92 Å². The molecule has 5 rings (SSSR count). The zero-order chi connectivity index (χ0) is 25.1. The molecule has 4 aromatic rings. The molecule has 0 fully saturated rings. The third-order valence-electron chi connectivity index (χ3n) is 6.19. The van der Waals surface area contributed by atoms with Gasteiger partial charge in [-0.2, -0.15) is 4.57 Å². The summed E-state index contributed by atoms with van der Waals surface area (Å²) in [6, 6.07) is 24.6. The van der Waals surface area contributed by atoms with E-state index in [1.807, 2.05) is 54.6 Å². The minimum absolute atomic E-state index is 0.0122. The predicted molar refractivity (Wildman–Crippen MR) is 139 cm³/mol. The van der Waals surface area contributed by atoms with Crippen molar-refractivity contribution in [3.63, 3.8) is 0 Å². The summed E-state index contributed by atoms with van der Waals surface area (Å²) < 4.78 is 7.48. The molecule has 0 radical (unpaired) electrons. The first-order valence-electron chi connectivity index (χ1n) is 12.3. The van der Waals surface area contributed by atoms with Crippen LogP contribution in [0.1, 0.15) is 35.5 Å². The lowest BCUT2D eigenvalue weighted by atomic mass is 10.1. The van der Waals surface area contributed by atoms with Gasteiger partial charge < -0.3 is 9.84 Å². The standard InChI is InChI=1S/C30H29N3O3/c1-20(2)19-36-25-14-8-22(9-15-25)17-27-30(35)33-18-28(23-10-12-24(34)13-11-23)31-26(29(33)32-27)16-21-6-4-3-5-7-21/h3-15,18,20,27,34H,16-17,19H2,1-2H3/p+1. The Balaban J connectivity index is 1.43. The van der Waals surface area contributed by atoms with Crippen LogP contribution in [-0.4, -0.2) is 28.6 Å². The molecule has 1 aliphatic heterocycles. The highest BCUT2D eigenvalue weighted by Crippen LogP contribution is 2.26. The molecule has 182 valence electrons. The molecule has 0 saturated carbocycles. The van der Waals surface area contributed by atoms with Gasteiger partial charge in [0, 0.05) is 18.4 Å². The fourth-order valence-electron chi connectivity index (χ4n) is 4.32. The van der Waals surface area contributed by atoms with Crippen molar-refractivity contribution >= 4 is 11.7 Å². The molecule has 1 atom stereocenters. The Morgan fingerprint density at radius 2 is 1.69 bits per heavy atom. The van der Waals surface area contributed by atoms with Gasteiger partial charge in [0.1, 0.15) is 29.1 Å². The Kier molecular flexibility index (Phi) is 6.67. The largest absolute Gasteiger partial charge is 0.508 e. The molecule has 36 heavy (non-hydrogen) atoms. The van der Waals surface area contributed by atoms with Crippen molar-refractivity contribution in [2.75, 3.05) is 11.9 Å². The number of carbonyl (C=O) groups is 1. The minimum atomic E-state index is -0.390. The Morgan fingerprint density at radius 3 is 2.39 bits per heavy atom. The first kappa shape index (κ1) is 23.5.